The molecule has 3 heteroatoms. The number of rotatable bonds is 5. The minimum absolute atomic E-state index is 0.199. The molecule has 14 heavy (non-hydrogen) atoms. The molecule has 0 aromatic carbocycles. The average Bonchev–Trinajstić information content (AvgIpc) is 2.16. The Hall–Kier alpha value is 0.110. The molecular weight excluding hydrogens is 194 g/mol. The first-order chi connectivity index (χ1) is 6.68. The molecule has 0 amide bonds. The van der Waals surface area contributed by atoms with Gasteiger partial charge in [0.15, 0.2) is 0 Å². The first-order valence-corrected chi connectivity index (χ1v) is 7.28. The van der Waals surface area contributed by atoms with Crippen molar-refractivity contribution in [2.45, 2.75) is 51.5 Å². The second-order valence-corrected chi connectivity index (χ2v) is 6.20. The zero-order valence-corrected chi connectivity index (χ0v) is 10.0. The van der Waals surface area contributed by atoms with Crippen LogP contribution in [0.3, 0.4) is 0 Å². The number of nitrogens with two attached hydrogens (primary N) is 1. The van der Waals surface area contributed by atoms with E-state index in [4.69, 9.17) is 5.73 Å². The summed E-state index contributed by atoms with van der Waals surface area (Å²) in [6.45, 7) is 1.98. The third kappa shape index (κ3) is 5.11. The Balaban J connectivity index is 2.12. The van der Waals surface area contributed by atoms with E-state index < -0.39 is 10.8 Å². The van der Waals surface area contributed by atoms with E-state index in [2.05, 4.69) is 0 Å². The molecule has 1 aliphatic carbocycles. The molecule has 0 spiro atoms. The van der Waals surface area contributed by atoms with Crippen LogP contribution in [0.25, 0.3) is 0 Å². The molecule has 1 aliphatic rings. The fourth-order valence-electron chi connectivity index (χ4n) is 2.02. The SMILES string of the molecule is CC(N)CCS(=O)CC1CCCCC1. The number of hydrogen-bond acceptors (Lipinski definition) is 2. The van der Waals surface area contributed by atoms with E-state index in [0.717, 1.165) is 23.8 Å². The summed E-state index contributed by atoms with van der Waals surface area (Å²) < 4.78 is 11.7. The molecule has 0 aromatic heterocycles. The normalized spacial score (nSPS) is 23.3. The Bertz CT molecular complexity index is 176. The van der Waals surface area contributed by atoms with Gasteiger partial charge in [-0.25, -0.2) is 0 Å². The highest BCUT2D eigenvalue weighted by Crippen LogP contribution is 2.24. The predicted molar refractivity (Wildman–Crippen MR) is 62.7 cm³/mol. The van der Waals surface area contributed by atoms with Crippen LogP contribution in [-0.4, -0.2) is 21.8 Å². The molecule has 0 saturated heterocycles. The molecule has 2 nitrogen and oxygen atoms in total. The van der Waals surface area contributed by atoms with Crippen molar-refractivity contribution in [1.29, 1.82) is 0 Å². The first kappa shape index (κ1) is 12.2. The van der Waals surface area contributed by atoms with E-state index in [1.54, 1.807) is 0 Å². The monoisotopic (exact) mass is 217 g/mol. The van der Waals surface area contributed by atoms with Crippen molar-refractivity contribution in [3.8, 4) is 0 Å². The third-order valence-corrected chi connectivity index (χ3v) is 4.48. The van der Waals surface area contributed by atoms with E-state index in [1.807, 2.05) is 6.92 Å². The zero-order chi connectivity index (χ0) is 10.4. The summed E-state index contributed by atoms with van der Waals surface area (Å²) in [5.74, 6) is 2.46. The topological polar surface area (TPSA) is 43.1 Å². The molecule has 0 bridgehead atoms. The van der Waals surface area contributed by atoms with Crippen LogP contribution in [0.2, 0.25) is 0 Å². The highest BCUT2D eigenvalue weighted by Gasteiger charge is 2.16. The molecule has 1 saturated carbocycles. The molecular formula is C11H23NOS. The van der Waals surface area contributed by atoms with Gasteiger partial charge in [-0.1, -0.05) is 19.3 Å². The minimum atomic E-state index is -0.618. The van der Waals surface area contributed by atoms with Crippen molar-refractivity contribution < 1.29 is 4.21 Å². The molecule has 1 rings (SSSR count). The summed E-state index contributed by atoms with van der Waals surface area (Å²) in [6.07, 6.45) is 7.56. The quantitative estimate of drug-likeness (QED) is 0.766. The van der Waals surface area contributed by atoms with Gasteiger partial charge in [-0.15, -0.1) is 0 Å². The van der Waals surface area contributed by atoms with Crippen LogP contribution < -0.4 is 5.73 Å². The lowest BCUT2D eigenvalue weighted by Crippen LogP contribution is -2.21. The maximum atomic E-state index is 11.7. The predicted octanol–water partition coefficient (Wildman–Crippen LogP) is 2.05. The number of hydrogen-bond donors (Lipinski definition) is 1. The molecule has 0 heterocycles. The lowest BCUT2D eigenvalue weighted by molar-refractivity contribution is 0.388. The highest BCUT2D eigenvalue weighted by atomic mass is 32.2. The molecule has 2 N–H and O–H groups in total. The summed E-state index contributed by atoms with van der Waals surface area (Å²) in [5.41, 5.74) is 5.64. The molecule has 0 aromatic rings. The van der Waals surface area contributed by atoms with Crippen LogP contribution in [0.1, 0.15) is 45.4 Å². The van der Waals surface area contributed by atoms with Gasteiger partial charge in [0, 0.05) is 28.3 Å². The van der Waals surface area contributed by atoms with Gasteiger partial charge in [-0.2, -0.15) is 0 Å². The molecule has 84 valence electrons. The van der Waals surface area contributed by atoms with E-state index in [9.17, 15) is 4.21 Å². The average molecular weight is 217 g/mol. The van der Waals surface area contributed by atoms with Gasteiger partial charge in [0.05, 0.1) is 0 Å². The van der Waals surface area contributed by atoms with Crippen LogP contribution >= 0.6 is 0 Å². The van der Waals surface area contributed by atoms with Crippen LogP contribution in [0.5, 0.6) is 0 Å². The van der Waals surface area contributed by atoms with Crippen molar-refractivity contribution in [1.82, 2.24) is 0 Å². The summed E-state index contributed by atoms with van der Waals surface area (Å²) in [6, 6.07) is 0.199. The third-order valence-electron chi connectivity index (χ3n) is 2.95. The van der Waals surface area contributed by atoms with Crippen molar-refractivity contribution in [2.24, 2.45) is 11.7 Å². The molecule has 0 aliphatic heterocycles. The second-order valence-electron chi connectivity index (χ2n) is 4.58. The van der Waals surface area contributed by atoms with Gasteiger partial charge in [-0.05, 0) is 32.1 Å². The van der Waals surface area contributed by atoms with E-state index in [0.29, 0.717) is 0 Å². The standard InChI is InChI=1S/C11H23NOS/c1-10(12)7-8-14(13)9-11-5-3-2-4-6-11/h10-11H,2-9,12H2,1H3. The van der Waals surface area contributed by atoms with E-state index in [1.165, 1.54) is 32.1 Å². The van der Waals surface area contributed by atoms with Crippen molar-refractivity contribution >= 4 is 10.8 Å². The first-order valence-electron chi connectivity index (χ1n) is 5.79. The summed E-state index contributed by atoms with van der Waals surface area (Å²) in [4.78, 5) is 0. The Morgan fingerprint density at radius 3 is 2.57 bits per heavy atom. The van der Waals surface area contributed by atoms with Crippen LogP contribution in [0, 0.1) is 5.92 Å². The summed E-state index contributed by atoms with van der Waals surface area (Å²) in [7, 11) is -0.618. The lowest BCUT2D eigenvalue weighted by Gasteiger charge is -2.20. The van der Waals surface area contributed by atoms with Gasteiger partial charge in [0.1, 0.15) is 0 Å². The highest BCUT2D eigenvalue weighted by molar-refractivity contribution is 7.84. The lowest BCUT2D eigenvalue weighted by atomic mass is 9.91. The largest absolute Gasteiger partial charge is 0.328 e. The van der Waals surface area contributed by atoms with Crippen molar-refractivity contribution in [3.63, 3.8) is 0 Å². The second kappa shape index (κ2) is 6.57. The fraction of sp³-hybridized carbons (Fsp3) is 1.00. The Morgan fingerprint density at radius 1 is 1.36 bits per heavy atom. The molecule has 1 fully saturated rings. The smallest absolute Gasteiger partial charge is 0.0263 e. The fourth-order valence-corrected chi connectivity index (χ4v) is 3.68. The van der Waals surface area contributed by atoms with Gasteiger partial charge in [0.2, 0.25) is 0 Å². The Morgan fingerprint density at radius 2 is 2.00 bits per heavy atom. The zero-order valence-electron chi connectivity index (χ0n) is 9.21. The Labute approximate surface area is 90.1 Å². The van der Waals surface area contributed by atoms with Gasteiger partial charge < -0.3 is 5.73 Å². The molecule has 0 radical (unpaired) electrons. The van der Waals surface area contributed by atoms with E-state index in [-0.39, 0.29) is 6.04 Å². The maximum absolute atomic E-state index is 11.7. The van der Waals surface area contributed by atoms with Gasteiger partial charge in [0.25, 0.3) is 0 Å². The maximum Gasteiger partial charge on any atom is 0.0263 e. The van der Waals surface area contributed by atoms with Gasteiger partial charge in [-0.3, -0.25) is 4.21 Å². The van der Waals surface area contributed by atoms with E-state index >= 15 is 0 Å². The molecule has 2 unspecified atom stereocenters. The van der Waals surface area contributed by atoms with Gasteiger partial charge >= 0.3 is 0 Å². The Kier molecular flexibility index (Phi) is 5.71. The van der Waals surface area contributed by atoms with Crippen molar-refractivity contribution in [2.75, 3.05) is 11.5 Å². The summed E-state index contributed by atoms with van der Waals surface area (Å²) in [5, 5.41) is 0. The molecule has 2 atom stereocenters. The van der Waals surface area contributed by atoms with Crippen LogP contribution in [-0.2, 0) is 10.8 Å². The van der Waals surface area contributed by atoms with Crippen LogP contribution in [0.4, 0.5) is 0 Å². The van der Waals surface area contributed by atoms with Crippen molar-refractivity contribution in [3.05, 3.63) is 0 Å². The van der Waals surface area contributed by atoms with Crippen LogP contribution in [0.15, 0.2) is 0 Å². The summed E-state index contributed by atoms with van der Waals surface area (Å²) >= 11 is 0. The minimum Gasteiger partial charge on any atom is -0.328 e.